The van der Waals surface area contributed by atoms with Crippen LogP contribution in [0, 0.1) is 5.92 Å². The fraction of sp³-hybridized carbons (Fsp3) is 1.00. The van der Waals surface area contributed by atoms with E-state index in [1.165, 1.54) is 51.6 Å². The molecule has 3 unspecified atom stereocenters. The van der Waals surface area contributed by atoms with Crippen LogP contribution in [0.25, 0.3) is 0 Å². The zero-order chi connectivity index (χ0) is 11.5. The number of halogens is 2. The predicted molar refractivity (Wildman–Crippen MR) is 77.3 cm³/mol. The Labute approximate surface area is 117 Å². The smallest absolute Gasteiger partial charge is 0.138 e. The monoisotopic (exact) mass is 357 g/mol. The molecule has 0 aromatic carbocycles. The van der Waals surface area contributed by atoms with Gasteiger partial charge in [-0.1, -0.05) is 22.6 Å². The number of nitrogens with one attached hydrogen (secondary N) is 1. The van der Waals surface area contributed by atoms with E-state index in [0.29, 0.717) is 11.5 Å². The van der Waals surface area contributed by atoms with Gasteiger partial charge in [-0.15, -0.1) is 11.6 Å². The third-order valence-corrected chi connectivity index (χ3v) is 5.63. The minimum Gasteiger partial charge on any atom is -0.319 e. The average molecular weight is 358 g/mol. The summed E-state index contributed by atoms with van der Waals surface area (Å²) in [6.45, 7) is 2.55. The van der Waals surface area contributed by atoms with Crippen molar-refractivity contribution in [1.82, 2.24) is 0 Å². The molecule has 0 amide bonds. The Bertz CT molecular complexity index is 219. The Morgan fingerprint density at radius 1 is 1.12 bits per heavy atom. The van der Waals surface area contributed by atoms with E-state index in [1.54, 1.807) is 4.90 Å². The Hall–Kier alpha value is 0.940. The lowest BCUT2D eigenvalue weighted by Crippen LogP contribution is -3.19. The standard InChI is InChI=1S/C12H22ClIN2/c13-10-3-1-9(2-4-10)7-16-8-11(14)5-6-12(16)15/h9-12H,1-8,15H2/p+1. The molecule has 94 valence electrons. The molecule has 2 nitrogen and oxygen atoms in total. The number of likely N-dealkylation sites (tertiary alicyclic amines) is 1. The number of alkyl halides is 2. The van der Waals surface area contributed by atoms with Gasteiger partial charge in [0, 0.05) is 17.7 Å². The van der Waals surface area contributed by atoms with Gasteiger partial charge in [0.05, 0.1) is 17.0 Å². The molecule has 1 heterocycles. The summed E-state index contributed by atoms with van der Waals surface area (Å²) < 4.78 is 0.830. The lowest BCUT2D eigenvalue weighted by Gasteiger charge is -2.36. The molecule has 1 aliphatic heterocycles. The number of rotatable bonds is 2. The zero-order valence-corrected chi connectivity index (χ0v) is 12.7. The summed E-state index contributed by atoms with van der Waals surface area (Å²) in [4.78, 5) is 1.64. The van der Waals surface area contributed by atoms with Crippen molar-refractivity contribution in [2.75, 3.05) is 13.1 Å². The van der Waals surface area contributed by atoms with Gasteiger partial charge in [-0.3, -0.25) is 5.73 Å². The van der Waals surface area contributed by atoms with E-state index in [2.05, 4.69) is 22.6 Å². The van der Waals surface area contributed by atoms with Gasteiger partial charge in [0.2, 0.25) is 0 Å². The lowest BCUT2D eigenvalue weighted by atomic mass is 9.88. The van der Waals surface area contributed by atoms with Crippen molar-refractivity contribution in [3.05, 3.63) is 0 Å². The van der Waals surface area contributed by atoms with Crippen molar-refractivity contribution in [2.45, 2.75) is 54.0 Å². The van der Waals surface area contributed by atoms with Crippen LogP contribution in [0.2, 0.25) is 0 Å². The SMILES string of the molecule is NC1CCC(I)C[NH+]1CC1CCC(Cl)CC1. The van der Waals surface area contributed by atoms with E-state index >= 15 is 0 Å². The van der Waals surface area contributed by atoms with E-state index in [9.17, 15) is 0 Å². The summed E-state index contributed by atoms with van der Waals surface area (Å²) in [7, 11) is 0. The zero-order valence-electron chi connectivity index (χ0n) is 9.80. The summed E-state index contributed by atoms with van der Waals surface area (Å²) in [5, 5.41) is 0.443. The van der Waals surface area contributed by atoms with Gasteiger partial charge >= 0.3 is 0 Å². The lowest BCUT2D eigenvalue weighted by molar-refractivity contribution is -0.932. The van der Waals surface area contributed by atoms with Crippen molar-refractivity contribution >= 4 is 34.2 Å². The van der Waals surface area contributed by atoms with Crippen LogP contribution in [0.15, 0.2) is 0 Å². The quantitative estimate of drug-likeness (QED) is 0.570. The molecule has 3 atom stereocenters. The highest BCUT2D eigenvalue weighted by Crippen LogP contribution is 2.26. The number of hydrogen-bond acceptors (Lipinski definition) is 1. The molecule has 3 N–H and O–H groups in total. The summed E-state index contributed by atoms with van der Waals surface area (Å²) >= 11 is 8.73. The first-order valence-electron chi connectivity index (χ1n) is 6.53. The maximum Gasteiger partial charge on any atom is 0.138 e. The third kappa shape index (κ3) is 3.72. The molecule has 4 heteroatoms. The van der Waals surface area contributed by atoms with Crippen LogP contribution >= 0.6 is 34.2 Å². The third-order valence-electron chi connectivity index (χ3n) is 4.13. The number of quaternary nitrogens is 1. The molecule has 1 aliphatic carbocycles. The first kappa shape index (κ1) is 13.4. The van der Waals surface area contributed by atoms with Crippen molar-refractivity contribution < 1.29 is 4.90 Å². The van der Waals surface area contributed by atoms with E-state index in [-0.39, 0.29) is 0 Å². The number of nitrogens with two attached hydrogens (primary N) is 1. The van der Waals surface area contributed by atoms with Gasteiger partial charge in [0.15, 0.2) is 0 Å². The molecule has 0 aromatic heterocycles. The minimum atomic E-state index is 0.389. The second-order valence-electron chi connectivity index (χ2n) is 5.47. The van der Waals surface area contributed by atoms with Crippen LogP contribution < -0.4 is 10.6 Å². The Kier molecular flexibility index (Phi) is 5.19. The fourth-order valence-electron chi connectivity index (χ4n) is 3.03. The van der Waals surface area contributed by atoms with Gasteiger partial charge in [-0.2, -0.15) is 0 Å². The van der Waals surface area contributed by atoms with Gasteiger partial charge in [0.25, 0.3) is 0 Å². The average Bonchev–Trinajstić information content (AvgIpc) is 2.27. The highest BCUT2D eigenvalue weighted by Gasteiger charge is 2.31. The molecular formula is C12H23ClIN2+. The van der Waals surface area contributed by atoms with Crippen LogP contribution in [-0.2, 0) is 0 Å². The summed E-state index contributed by atoms with van der Waals surface area (Å²) in [5.41, 5.74) is 6.22. The van der Waals surface area contributed by atoms with E-state index in [4.69, 9.17) is 17.3 Å². The minimum absolute atomic E-state index is 0.389. The molecule has 1 saturated heterocycles. The summed E-state index contributed by atoms with van der Waals surface area (Å²) in [6.07, 6.45) is 7.95. The van der Waals surface area contributed by atoms with Crippen LogP contribution in [0.3, 0.4) is 0 Å². The summed E-state index contributed by atoms with van der Waals surface area (Å²) in [5.74, 6) is 0.873. The molecule has 2 rings (SSSR count). The molecule has 16 heavy (non-hydrogen) atoms. The van der Waals surface area contributed by atoms with E-state index < -0.39 is 0 Å². The number of piperidine rings is 1. The van der Waals surface area contributed by atoms with Gasteiger partial charge in [-0.25, -0.2) is 0 Å². The Morgan fingerprint density at radius 2 is 1.81 bits per heavy atom. The summed E-state index contributed by atoms with van der Waals surface area (Å²) in [6, 6.07) is 0. The van der Waals surface area contributed by atoms with Gasteiger partial charge < -0.3 is 4.90 Å². The largest absolute Gasteiger partial charge is 0.319 e. The van der Waals surface area contributed by atoms with Crippen molar-refractivity contribution in [2.24, 2.45) is 11.7 Å². The first-order chi connectivity index (χ1) is 7.65. The van der Waals surface area contributed by atoms with Crippen LogP contribution in [0.4, 0.5) is 0 Å². The van der Waals surface area contributed by atoms with Crippen LogP contribution in [-0.4, -0.2) is 28.6 Å². The molecule has 2 aliphatic rings. The first-order valence-corrected chi connectivity index (χ1v) is 8.21. The van der Waals surface area contributed by atoms with Gasteiger partial charge in [0.1, 0.15) is 6.17 Å². The van der Waals surface area contributed by atoms with E-state index in [0.717, 1.165) is 9.84 Å². The van der Waals surface area contributed by atoms with Crippen LogP contribution in [0.1, 0.15) is 38.5 Å². The molecule has 0 radical (unpaired) electrons. The van der Waals surface area contributed by atoms with Crippen molar-refractivity contribution in [3.63, 3.8) is 0 Å². The Balaban J connectivity index is 1.79. The molecular weight excluding hydrogens is 335 g/mol. The normalized spacial score (nSPS) is 45.6. The molecule has 2 fully saturated rings. The van der Waals surface area contributed by atoms with Crippen LogP contribution in [0.5, 0.6) is 0 Å². The van der Waals surface area contributed by atoms with E-state index in [1.807, 2.05) is 0 Å². The maximum absolute atomic E-state index is 6.22. The second kappa shape index (κ2) is 6.21. The Morgan fingerprint density at radius 3 is 2.50 bits per heavy atom. The molecule has 0 spiro atoms. The predicted octanol–water partition coefficient (Wildman–Crippen LogP) is 1.55. The molecule has 0 bridgehead atoms. The second-order valence-corrected chi connectivity index (χ2v) is 7.84. The maximum atomic E-state index is 6.22. The topological polar surface area (TPSA) is 30.5 Å². The van der Waals surface area contributed by atoms with Gasteiger partial charge in [-0.05, 0) is 32.1 Å². The van der Waals surface area contributed by atoms with Crippen molar-refractivity contribution in [1.29, 1.82) is 0 Å². The number of hydrogen-bond donors (Lipinski definition) is 2. The fourth-order valence-corrected chi connectivity index (χ4v) is 4.21. The van der Waals surface area contributed by atoms with Crippen molar-refractivity contribution in [3.8, 4) is 0 Å². The molecule has 0 aromatic rings. The highest BCUT2D eigenvalue weighted by atomic mass is 127. The molecule has 1 saturated carbocycles. The highest BCUT2D eigenvalue weighted by molar-refractivity contribution is 14.1.